The molecule has 2 heterocycles. The molecule has 1 amide bonds. The van der Waals surface area contributed by atoms with Crippen LogP contribution in [-0.2, 0) is 26.1 Å². The van der Waals surface area contributed by atoms with Crippen molar-refractivity contribution >= 4 is 37.5 Å². The van der Waals surface area contributed by atoms with Crippen LogP contribution in [0.25, 0.3) is 10.2 Å². The molecule has 2 aromatic rings. The van der Waals surface area contributed by atoms with Crippen molar-refractivity contribution in [3.8, 4) is 0 Å². The van der Waals surface area contributed by atoms with Crippen LogP contribution in [0.1, 0.15) is 19.8 Å². The Morgan fingerprint density at radius 3 is 2.93 bits per heavy atom. The molecular formula is C18H24FN3O4S2. The monoisotopic (exact) mass is 429 g/mol. The number of sulfonamides is 1. The Morgan fingerprint density at radius 1 is 1.43 bits per heavy atom. The number of rotatable bonds is 6. The summed E-state index contributed by atoms with van der Waals surface area (Å²) in [6.45, 7) is 4.00. The minimum absolute atomic E-state index is 0.152. The molecule has 0 saturated carbocycles. The molecule has 1 fully saturated rings. The highest BCUT2D eigenvalue weighted by Crippen LogP contribution is 2.21. The summed E-state index contributed by atoms with van der Waals surface area (Å²) in [5, 5.41) is 0. The largest absolute Gasteiger partial charge is 0.380 e. The molecule has 0 spiro atoms. The number of benzene rings is 1. The Hall–Kier alpha value is -1.62. The zero-order valence-corrected chi connectivity index (χ0v) is 17.6. The Labute approximate surface area is 167 Å². The van der Waals surface area contributed by atoms with Gasteiger partial charge in [0.2, 0.25) is 10.0 Å². The Kier molecular flexibility index (Phi) is 6.64. The van der Waals surface area contributed by atoms with E-state index in [1.807, 2.05) is 11.5 Å². The molecule has 1 saturated heterocycles. The molecule has 3 rings (SSSR count). The van der Waals surface area contributed by atoms with Gasteiger partial charge in [0.1, 0.15) is 5.82 Å². The normalized spacial score (nSPS) is 19.4. The quantitative estimate of drug-likeness (QED) is 0.658. The fourth-order valence-electron chi connectivity index (χ4n) is 3.28. The molecule has 1 aromatic heterocycles. The summed E-state index contributed by atoms with van der Waals surface area (Å²) in [5.41, 5.74) is 0.791. The van der Waals surface area contributed by atoms with Crippen molar-refractivity contribution in [2.45, 2.75) is 26.3 Å². The van der Waals surface area contributed by atoms with Crippen molar-refractivity contribution in [3.63, 3.8) is 0 Å². The minimum atomic E-state index is -3.33. The maximum absolute atomic E-state index is 13.6. The zero-order valence-electron chi connectivity index (χ0n) is 15.9. The first kappa shape index (κ1) is 21.1. The molecule has 1 aliphatic rings. The van der Waals surface area contributed by atoms with Crippen molar-refractivity contribution < 1.29 is 22.3 Å². The second-order valence-electron chi connectivity index (χ2n) is 6.76. The number of hydrogen-bond donors (Lipinski definition) is 0. The van der Waals surface area contributed by atoms with Crippen molar-refractivity contribution in [3.05, 3.63) is 28.8 Å². The van der Waals surface area contributed by atoms with Crippen LogP contribution >= 0.6 is 11.3 Å². The van der Waals surface area contributed by atoms with Gasteiger partial charge in [-0.1, -0.05) is 11.3 Å². The van der Waals surface area contributed by atoms with Gasteiger partial charge in [0, 0.05) is 26.2 Å². The number of amides is 1. The maximum atomic E-state index is 13.6. The van der Waals surface area contributed by atoms with Crippen LogP contribution in [0.4, 0.5) is 4.39 Å². The van der Waals surface area contributed by atoms with Gasteiger partial charge in [-0.15, -0.1) is 0 Å². The summed E-state index contributed by atoms with van der Waals surface area (Å²) in [6, 6.07) is 4.47. The Balaban J connectivity index is 1.93. The van der Waals surface area contributed by atoms with Gasteiger partial charge in [0.25, 0.3) is 5.91 Å². The molecule has 154 valence electrons. The maximum Gasteiger partial charge on any atom is 0.252 e. The highest BCUT2D eigenvalue weighted by atomic mass is 32.2. The number of aromatic nitrogens is 1. The molecule has 0 bridgehead atoms. The van der Waals surface area contributed by atoms with Gasteiger partial charge in [-0.3, -0.25) is 4.79 Å². The molecule has 7 nitrogen and oxygen atoms in total. The van der Waals surface area contributed by atoms with Gasteiger partial charge in [0.15, 0.2) is 4.80 Å². The first-order valence-electron chi connectivity index (χ1n) is 9.20. The zero-order chi connectivity index (χ0) is 20.3. The highest BCUT2D eigenvalue weighted by molar-refractivity contribution is 7.88. The number of fused-ring (bicyclic) bond motifs is 1. The summed E-state index contributed by atoms with van der Waals surface area (Å²) >= 11 is 1.24. The summed E-state index contributed by atoms with van der Waals surface area (Å²) in [6.07, 6.45) is 2.38. The molecule has 1 unspecified atom stereocenters. The predicted octanol–water partition coefficient (Wildman–Crippen LogP) is 1.98. The van der Waals surface area contributed by atoms with Gasteiger partial charge in [-0.05, 0) is 38.0 Å². The number of hydrogen-bond acceptors (Lipinski definition) is 5. The van der Waals surface area contributed by atoms with Crippen molar-refractivity contribution in [2.75, 3.05) is 32.6 Å². The van der Waals surface area contributed by atoms with E-state index < -0.39 is 15.9 Å². The average molecular weight is 430 g/mol. The molecule has 0 radical (unpaired) electrons. The van der Waals surface area contributed by atoms with Crippen LogP contribution in [-0.4, -0.2) is 55.8 Å². The predicted molar refractivity (Wildman–Crippen MR) is 106 cm³/mol. The number of ether oxygens (including phenoxy) is 1. The third kappa shape index (κ3) is 4.86. The van der Waals surface area contributed by atoms with Gasteiger partial charge < -0.3 is 9.30 Å². The number of carbonyl (C=O) groups excluding carboxylic acids is 1. The molecule has 10 heteroatoms. The van der Waals surface area contributed by atoms with Crippen LogP contribution in [0.3, 0.4) is 0 Å². The Morgan fingerprint density at radius 2 is 2.21 bits per heavy atom. The lowest BCUT2D eigenvalue weighted by Crippen LogP contribution is -2.41. The first-order chi connectivity index (χ1) is 13.3. The van der Waals surface area contributed by atoms with Crippen LogP contribution < -0.4 is 4.80 Å². The van der Waals surface area contributed by atoms with E-state index in [0.717, 1.165) is 11.8 Å². The third-order valence-electron chi connectivity index (χ3n) is 4.72. The molecule has 0 aliphatic carbocycles. The van der Waals surface area contributed by atoms with Crippen LogP contribution in [0.15, 0.2) is 23.2 Å². The number of piperidine rings is 1. The number of thiazole rings is 1. The average Bonchev–Trinajstić information content (AvgIpc) is 2.97. The summed E-state index contributed by atoms with van der Waals surface area (Å²) in [5.74, 6) is -1.16. The van der Waals surface area contributed by atoms with Crippen molar-refractivity contribution in [1.29, 1.82) is 0 Å². The van der Waals surface area contributed by atoms with Crippen LogP contribution in [0, 0.1) is 11.7 Å². The number of carbonyl (C=O) groups is 1. The molecule has 1 atom stereocenters. The van der Waals surface area contributed by atoms with E-state index in [1.165, 1.54) is 27.8 Å². The fraction of sp³-hybridized carbons (Fsp3) is 0.556. The SMILES string of the molecule is CCOCCn1c(=NC(=O)C2CCCN(S(C)(=O)=O)C2)sc2cc(F)ccc21. The molecule has 28 heavy (non-hydrogen) atoms. The topological polar surface area (TPSA) is 81.0 Å². The fourth-order valence-corrected chi connectivity index (χ4v) is 5.28. The Bertz CT molecular complexity index is 1030. The van der Waals surface area contributed by atoms with Gasteiger partial charge in [0.05, 0.1) is 29.0 Å². The molecular weight excluding hydrogens is 405 g/mol. The van der Waals surface area contributed by atoms with Crippen LogP contribution in [0.5, 0.6) is 0 Å². The van der Waals surface area contributed by atoms with E-state index in [1.54, 1.807) is 6.07 Å². The summed E-state index contributed by atoms with van der Waals surface area (Å²) in [4.78, 5) is 17.5. The smallest absolute Gasteiger partial charge is 0.252 e. The van der Waals surface area contributed by atoms with E-state index in [9.17, 15) is 17.6 Å². The van der Waals surface area contributed by atoms with E-state index in [4.69, 9.17) is 4.74 Å². The van der Waals surface area contributed by atoms with Crippen molar-refractivity contribution in [2.24, 2.45) is 10.9 Å². The summed E-state index contributed by atoms with van der Waals surface area (Å²) < 4.78 is 46.5. The number of halogens is 1. The second kappa shape index (κ2) is 8.81. The molecule has 1 aromatic carbocycles. The van der Waals surface area contributed by atoms with E-state index >= 15 is 0 Å². The molecule has 0 N–H and O–H groups in total. The van der Waals surface area contributed by atoms with Crippen LogP contribution in [0.2, 0.25) is 0 Å². The van der Waals surface area contributed by atoms with Crippen molar-refractivity contribution in [1.82, 2.24) is 8.87 Å². The van der Waals surface area contributed by atoms with Gasteiger partial charge in [-0.2, -0.15) is 4.99 Å². The number of nitrogens with zero attached hydrogens (tertiary/aromatic N) is 3. The van der Waals surface area contributed by atoms with Gasteiger partial charge >= 0.3 is 0 Å². The molecule has 1 aliphatic heterocycles. The standard InChI is InChI=1S/C18H24FN3O4S2/c1-3-26-10-9-22-15-7-6-14(19)11-16(15)27-18(22)20-17(23)13-5-4-8-21(12-13)28(2,24)25/h6-7,11,13H,3-5,8-10,12H2,1-2H3. The van der Waals surface area contributed by atoms with E-state index in [0.29, 0.717) is 48.6 Å². The third-order valence-corrected chi connectivity index (χ3v) is 7.03. The summed E-state index contributed by atoms with van der Waals surface area (Å²) in [7, 11) is -3.33. The van der Waals surface area contributed by atoms with E-state index in [-0.39, 0.29) is 18.3 Å². The lowest BCUT2D eigenvalue weighted by atomic mass is 9.99. The lowest BCUT2D eigenvalue weighted by Gasteiger charge is -2.28. The second-order valence-corrected chi connectivity index (χ2v) is 9.75. The lowest BCUT2D eigenvalue weighted by molar-refractivity contribution is -0.122. The highest BCUT2D eigenvalue weighted by Gasteiger charge is 2.30. The first-order valence-corrected chi connectivity index (χ1v) is 11.9. The van der Waals surface area contributed by atoms with Gasteiger partial charge in [-0.25, -0.2) is 17.1 Å². The van der Waals surface area contributed by atoms with E-state index in [2.05, 4.69) is 4.99 Å². The minimum Gasteiger partial charge on any atom is -0.380 e.